The molecule has 2 unspecified atom stereocenters. The third kappa shape index (κ3) is 1.54. The highest BCUT2D eigenvalue weighted by molar-refractivity contribution is 5.98. The number of ether oxygens (including phenoxy) is 1. The number of aromatic nitrogens is 2. The minimum Gasteiger partial charge on any atom is -0.481 e. The normalized spacial score (nSPS) is 26.5. The maximum Gasteiger partial charge on any atom is 0.316 e. The number of carboxylic acids is 1. The average Bonchev–Trinajstić information content (AvgIpc) is 2.88. The molecule has 1 aromatic heterocycles. The van der Waals surface area contributed by atoms with Crippen LogP contribution >= 0.6 is 0 Å². The van der Waals surface area contributed by atoms with Gasteiger partial charge in [0, 0.05) is 6.20 Å². The van der Waals surface area contributed by atoms with Crippen LogP contribution in [0.5, 0.6) is 6.01 Å². The van der Waals surface area contributed by atoms with Crippen molar-refractivity contribution in [1.29, 1.82) is 0 Å². The lowest BCUT2D eigenvalue weighted by molar-refractivity contribution is -0.145. The second-order valence-corrected chi connectivity index (χ2v) is 4.18. The van der Waals surface area contributed by atoms with Crippen LogP contribution in [0.4, 0.5) is 0 Å². The number of hydrogen-bond donors (Lipinski definition) is 2. The molecule has 7 nitrogen and oxygen atoms in total. The van der Waals surface area contributed by atoms with Crippen molar-refractivity contribution < 1.29 is 19.4 Å². The van der Waals surface area contributed by atoms with E-state index in [1.54, 1.807) is 6.20 Å². The summed E-state index contributed by atoms with van der Waals surface area (Å²) in [4.78, 5) is 26.5. The Bertz CT molecular complexity index is 474. The maximum atomic E-state index is 11.4. The molecule has 3 rings (SSSR count). The summed E-state index contributed by atoms with van der Waals surface area (Å²) < 4.78 is 7.12. The smallest absolute Gasteiger partial charge is 0.316 e. The first-order valence-electron chi connectivity index (χ1n) is 5.38. The number of fused-ring (bicyclic) bond motifs is 1. The van der Waals surface area contributed by atoms with E-state index >= 15 is 0 Å². The van der Waals surface area contributed by atoms with Crippen molar-refractivity contribution in [2.45, 2.75) is 19.0 Å². The maximum absolute atomic E-state index is 11.4. The van der Waals surface area contributed by atoms with Gasteiger partial charge in [-0.05, 0) is 6.42 Å². The highest BCUT2D eigenvalue weighted by atomic mass is 16.5. The van der Waals surface area contributed by atoms with Gasteiger partial charge in [-0.15, -0.1) is 0 Å². The SMILES string of the molecule is O=C(O)C1CC(c2cn3c(n2)OCC3)NC1=O. The molecule has 1 fully saturated rings. The van der Waals surface area contributed by atoms with Gasteiger partial charge in [-0.2, -0.15) is 4.98 Å². The van der Waals surface area contributed by atoms with E-state index in [9.17, 15) is 9.59 Å². The lowest BCUT2D eigenvalue weighted by Crippen LogP contribution is -2.25. The van der Waals surface area contributed by atoms with Crippen LogP contribution in [-0.4, -0.2) is 33.1 Å². The molecule has 2 aliphatic heterocycles. The zero-order valence-electron chi connectivity index (χ0n) is 8.92. The second kappa shape index (κ2) is 3.47. The number of aliphatic carboxylic acids is 1. The predicted octanol–water partition coefficient (Wildman–Crippen LogP) is -0.463. The Hall–Kier alpha value is -2.05. The number of carbonyl (C=O) groups is 2. The van der Waals surface area contributed by atoms with Crippen molar-refractivity contribution in [2.75, 3.05) is 6.61 Å². The summed E-state index contributed by atoms with van der Waals surface area (Å²) in [6.45, 7) is 1.35. The van der Waals surface area contributed by atoms with E-state index in [2.05, 4.69) is 10.3 Å². The van der Waals surface area contributed by atoms with Crippen LogP contribution in [0, 0.1) is 5.92 Å². The van der Waals surface area contributed by atoms with Crippen molar-refractivity contribution in [3.8, 4) is 6.01 Å². The number of nitrogens with zero attached hydrogens (tertiary/aromatic N) is 2. The van der Waals surface area contributed by atoms with Crippen LogP contribution in [0.3, 0.4) is 0 Å². The lowest BCUT2D eigenvalue weighted by atomic mass is 10.0. The zero-order chi connectivity index (χ0) is 12.0. The fourth-order valence-electron chi connectivity index (χ4n) is 2.18. The summed E-state index contributed by atoms with van der Waals surface area (Å²) in [6, 6.07) is 0.207. The molecule has 1 amide bonds. The topological polar surface area (TPSA) is 93.4 Å². The number of hydrogen-bond acceptors (Lipinski definition) is 4. The summed E-state index contributed by atoms with van der Waals surface area (Å²) in [5.74, 6) is -2.51. The first-order chi connectivity index (χ1) is 8.15. The quantitative estimate of drug-likeness (QED) is 0.679. The molecule has 0 spiro atoms. The average molecular weight is 237 g/mol. The Morgan fingerprint density at radius 1 is 1.65 bits per heavy atom. The Kier molecular flexibility index (Phi) is 2.07. The summed E-state index contributed by atoms with van der Waals surface area (Å²) in [6.07, 6.45) is 2.04. The summed E-state index contributed by atoms with van der Waals surface area (Å²) in [5, 5.41) is 11.5. The molecule has 0 aromatic carbocycles. The fraction of sp³-hybridized carbons (Fsp3) is 0.500. The van der Waals surface area contributed by atoms with Crippen LogP contribution in [0.15, 0.2) is 6.20 Å². The lowest BCUT2D eigenvalue weighted by Gasteiger charge is -2.05. The number of carbonyl (C=O) groups excluding carboxylic acids is 1. The third-order valence-corrected chi connectivity index (χ3v) is 3.08. The molecule has 0 aliphatic carbocycles. The number of amides is 1. The molecule has 3 heterocycles. The third-order valence-electron chi connectivity index (χ3n) is 3.08. The first-order valence-corrected chi connectivity index (χ1v) is 5.38. The summed E-state index contributed by atoms with van der Waals surface area (Å²) in [7, 11) is 0. The van der Waals surface area contributed by atoms with Crippen molar-refractivity contribution >= 4 is 11.9 Å². The van der Waals surface area contributed by atoms with Crippen LogP contribution in [-0.2, 0) is 16.1 Å². The highest BCUT2D eigenvalue weighted by Crippen LogP contribution is 2.30. The van der Waals surface area contributed by atoms with E-state index in [0.717, 1.165) is 6.54 Å². The number of nitrogens with one attached hydrogen (secondary N) is 1. The molecule has 0 radical (unpaired) electrons. The van der Waals surface area contributed by atoms with Crippen molar-refractivity contribution in [1.82, 2.24) is 14.9 Å². The van der Waals surface area contributed by atoms with E-state index in [1.807, 2.05) is 4.57 Å². The molecule has 2 atom stereocenters. The van der Waals surface area contributed by atoms with Crippen LogP contribution in [0.2, 0.25) is 0 Å². The molecule has 1 saturated heterocycles. The first kappa shape index (κ1) is 10.1. The second-order valence-electron chi connectivity index (χ2n) is 4.18. The monoisotopic (exact) mass is 237 g/mol. The minimum absolute atomic E-state index is 0.241. The van der Waals surface area contributed by atoms with E-state index in [0.29, 0.717) is 18.3 Å². The Morgan fingerprint density at radius 2 is 2.47 bits per heavy atom. The summed E-state index contributed by atoms with van der Waals surface area (Å²) >= 11 is 0. The molecule has 0 bridgehead atoms. The molecule has 1 aromatic rings. The van der Waals surface area contributed by atoms with E-state index in [4.69, 9.17) is 9.84 Å². The molecule has 2 aliphatic rings. The van der Waals surface area contributed by atoms with E-state index < -0.39 is 17.8 Å². The van der Waals surface area contributed by atoms with E-state index in [1.165, 1.54) is 0 Å². The van der Waals surface area contributed by atoms with Gasteiger partial charge in [-0.3, -0.25) is 14.2 Å². The van der Waals surface area contributed by atoms with Gasteiger partial charge in [0.2, 0.25) is 5.91 Å². The Balaban J connectivity index is 1.82. The fourth-order valence-corrected chi connectivity index (χ4v) is 2.18. The molecular formula is C10H11N3O4. The van der Waals surface area contributed by atoms with Crippen molar-refractivity contribution in [3.05, 3.63) is 11.9 Å². The molecule has 7 heteroatoms. The van der Waals surface area contributed by atoms with Gasteiger partial charge >= 0.3 is 5.97 Å². The Morgan fingerprint density at radius 3 is 3.12 bits per heavy atom. The minimum atomic E-state index is -1.09. The van der Waals surface area contributed by atoms with Gasteiger partial charge in [0.1, 0.15) is 12.5 Å². The van der Waals surface area contributed by atoms with Gasteiger partial charge in [0.05, 0.1) is 18.3 Å². The molecule has 2 N–H and O–H groups in total. The van der Waals surface area contributed by atoms with Crippen molar-refractivity contribution in [3.63, 3.8) is 0 Å². The number of imidazole rings is 1. The molecule has 17 heavy (non-hydrogen) atoms. The zero-order valence-corrected chi connectivity index (χ0v) is 8.92. The molecule has 90 valence electrons. The summed E-state index contributed by atoms with van der Waals surface area (Å²) in [5.41, 5.74) is 0.664. The van der Waals surface area contributed by atoms with Crippen LogP contribution in [0.25, 0.3) is 0 Å². The van der Waals surface area contributed by atoms with Gasteiger partial charge in [-0.25, -0.2) is 0 Å². The van der Waals surface area contributed by atoms with Gasteiger partial charge < -0.3 is 15.2 Å². The van der Waals surface area contributed by atoms with Crippen LogP contribution in [0.1, 0.15) is 18.2 Å². The highest BCUT2D eigenvalue weighted by Gasteiger charge is 2.39. The van der Waals surface area contributed by atoms with Gasteiger partial charge in [0.15, 0.2) is 0 Å². The van der Waals surface area contributed by atoms with Crippen LogP contribution < -0.4 is 10.1 Å². The van der Waals surface area contributed by atoms with Crippen molar-refractivity contribution in [2.24, 2.45) is 5.92 Å². The predicted molar refractivity (Wildman–Crippen MR) is 54.3 cm³/mol. The Labute approximate surface area is 96.4 Å². The molecule has 0 saturated carbocycles. The number of carboxylic acid groups (broad SMARTS) is 1. The van der Waals surface area contributed by atoms with Gasteiger partial charge in [-0.1, -0.05) is 0 Å². The molecular weight excluding hydrogens is 226 g/mol. The van der Waals surface area contributed by atoms with Gasteiger partial charge in [0.25, 0.3) is 6.01 Å². The largest absolute Gasteiger partial charge is 0.481 e. The number of rotatable bonds is 2. The standard InChI is InChI=1S/C10H11N3O4/c14-8-5(9(15)16)3-6(11-8)7-4-13-1-2-17-10(13)12-7/h4-6H,1-3H2,(H,11,14)(H,15,16). The van der Waals surface area contributed by atoms with E-state index in [-0.39, 0.29) is 12.5 Å².